The van der Waals surface area contributed by atoms with Crippen LogP contribution in [0.1, 0.15) is 12.6 Å². The van der Waals surface area contributed by atoms with Gasteiger partial charge in [-0.15, -0.1) is 0 Å². The number of fused-ring (bicyclic) bond motifs is 1. The Morgan fingerprint density at radius 1 is 1.55 bits per heavy atom. The molecule has 2 aromatic heterocycles. The molecule has 0 spiro atoms. The van der Waals surface area contributed by atoms with Crippen molar-refractivity contribution in [2.45, 2.75) is 24.8 Å². The molecule has 2 atom stereocenters. The normalized spacial score (nSPS) is 14.4. The molecule has 0 aliphatic rings. The first-order chi connectivity index (χ1) is 9.69. The average Bonchev–Trinajstić information content (AvgIpc) is 2.89. The summed E-state index contributed by atoms with van der Waals surface area (Å²) in [5.74, 6) is 1.32. The van der Waals surface area contributed by atoms with Gasteiger partial charge in [0, 0.05) is 24.5 Å². The number of hydrogen-bond acceptors (Lipinski definition) is 7. The van der Waals surface area contributed by atoms with E-state index in [2.05, 4.69) is 20.4 Å². The molecule has 110 valence electrons. The van der Waals surface area contributed by atoms with Crippen LogP contribution >= 0.6 is 11.8 Å². The minimum Gasteiger partial charge on any atom is -0.395 e. The number of thioether (sulfide) groups is 1. The third-order valence-electron chi connectivity index (χ3n) is 3.01. The monoisotopic (exact) mass is 297 g/mol. The lowest BCUT2D eigenvalue weighted by Gasteiger charge is -2.22. The zero-order valence-electron chi connectivity index (χ0n) is 11.8. The average molecular weight is 297 g/mol. The van der Waals surface area contributed by atoms with Crippen LogP contribution in [0.4, 0.5) is 5.82 Å². The van der Waals surface area contributed by atoms with Gasteiger partial charge in [-0.25, -0.2) is 4.98 Å². The van der Waals surface area contributed by atoms with Crippen LogP contribution in [0.3, 0.4) is 0 Å². The van der Waals surface area contributed by atoms with Crippen molar-refractivity contribution < 1.29 is 9.84 Å². The second kappa shape index (κ2) is 6.87. The molecule has 0 bridgehead atoms. The van der Waals surface area contributed by atoms with Crippen LogP contribution in [0, 0.1) is 0 Å². The highest BCUT2D eigenvalue weighted by Crippen LogP contribution is 2.17. The number of nitrogens with one attached hydrogen (secondary N) is 1. The lowest BCUT2D eigenvalue weighted by Crippen LogP contribution is -2.31. The van der Waals surface area contributed by atoms with Crippen molar-refractivity contribution in [3.05, 3.63) is 18.1 Å². The van der Waals surface area contributed by atoms with Crippen molar-refractivity contribution in [1.29, 1.82) is 0 Å². The molecule has 8 heteroatoms. The lowest BCUT2D eigenvalue weighted by molar-refractivity contribution is 0.181. The van der Waals surface area contributed by atoms with E-state index in [1.54, 1.807) is 23.4 Å². The standard InChI is InChI=1S/C12H19N5O2S/c1-8(10(5-18)20-3)15-11-4-9(6-19-2)16-12-13-7-14-17(11)12/h4,7-8,10,15,18H,5-6H2,1-3H3. The Hall–Kier alpha value is -1.38. The molecule has 7 nitrogen and oxygen atoms in total. The van der Waals surface area contributed by atoms with Gasteiger partial charge in [0.25, 0.3) is 5.78 Å². The van der Waals surface area contributed by atoms with Crippen molar-refractivity contribution in [2.24, 2.45) is 0 Å². The first-order valence-electron chi connectivity index (χ1n) is 6.28. The van der Waals surface area contributed by atoms with E-state index in [1.807, 2.05) is 19.2 Å². The zero-order valence-corrected chi connectivity index (χ0v) is 12.6. The fourth-order valence-corrected chi connectivity index (χ4v) is 2.57. The molecule has 0 saturated carbocycles. The Labute approximate surface area is 121 Å². The summed E-state index contributed by atoms with van der Waals surface area (Å²) in [6.45, 7) is 2.56. The molecule has 0 fully saturated rings. The summed E-state index contributed by atoms with van der Waals surface area (Å²) < 4.78 is 6.75. The third kappa shape index (κ3) is 3.20. The van der Waals surface area contributed by atoms with E-state index in [1.165, 1.54) is 6.33 Å². The van der Waals surface area contributed by atoms with E-state index in [4.69, 9.17) is 4.74 Å². The molecule has 0 amide bonds. The van der Waals surface area contributed by atoms with Gasteiger partial charge in [0.15, 0.2) is 0 Å². The van der Waals surface area contributed by atoms with Gasteiger partial charge >= 0.3 is 0 Å². The molecule has 2 heterocycles. The van der Waals surface area contributed by atoms with E-state index in [0.717, 1.165) is 11.5 Å². The molecule has 2 aromatic rings. The molecule has 0 saturated heterocycles. The summed E-state index contributed by atoms with van der Waals surface area (Å²) >= 11 is 1.62. The quantitative estimate of drug-likeness (QED) is 0.781. The van der Waals surface area contributed by atoms with Gasteiger partial charge in [-0.05, 0) is 13.2 Å². The smallest absolute Gasteiger partial charge is 0.254 e. The second-order valence-corrected chi connectivity index (χ2v) is 5.50. The van der Waals surface area contributed by atoms with Crippen LogP contribution in [0.2, 0.25) is 0 Å². The number of aliphatic hydroxyl groups excluding tert-OH is 1. The van der Waals surface area contributed by atoms with Crippen molar-refractivity contribution in [3.63, 3.8) is 0 Å². The number of nitrogens with zero attached hydrogens (tertiary/aromatic N) is 4. The molecule has 2 unspecified atom stereocenters. The molecule has 0 aromatic carbocycles. The summed E-state index contributed by atoms with van der Waals surface area (Å²) in [5, 5.41) is 17.0. The number of rotatable bonds is 7. The first kappa shape index (κ1) is 15.0. The highest BCUT2D eigenvalue weighted by molar-refractivity contribution is 7.99. The van der Waals surface area contributed by atoms with E-state index in [9.17, 15) is 5.11 Å². The molecule has 0 radical (unpaired) electrons. The van der Waals surface area contributed by atoms with Crippen LogP contribution in [0.25, 0.3) is 5.78 Å². The number of methoxy groups -OCH3 is 1. The molecule has 0 aliphatic carbocycles. The minimum atomic E-state index is 0.0835. The third-order valence-corrected chi connectivity index (χ3v) is 4.18. The Bertz CT molecular complexity index is 558. The maximum atomic E-state index is 9.36. The summed E-state index contributed by atoms with van der Waals surface area (Å²) in [6, 6.07) is 1.97. The topological polar surface area (TPSA) is 84.6 Å². The molecule has 2 rings (SSSR count). The Morgan fingerprint density at radius 2 is 2.35 bits per heavy atom. The second-order valence-electron chi connectivity index (χ2n) is 4.43. The summed E-state index contributed by atoms with van der Waals surface area (Å²) in [7, 11) is 1.63. The van der Waals surface area contributed by atoms with E-state index in [0.29, 0.717) is 12.4 Å². The van der Waals surface area contributed by atoms with Gasteiger partial charge < -0.3 is 15.2 Å². The van der Waals surface area contributed by atoms with E-state index in [-0.39, 0.29) is 17.9 Å². The van der Waals surface area contributed by atoms with Crippen molar-refractivity contribution in [3.8, 4) is 0 Å². The summed E-state index contributed by atoms with van der Waals surface area (Å²) in [4.78, 5) is 8.45. The van der Waals surface area contributed by atoms with Gasteiger partial charge in [-0.3, -0.25) is 0 Å². The van der Waals surface area contributed by atoms with Crippen LogP contribution in [0.5, 0.6) is 0 Å². The van der Waals surface area contributed by atoms with Crippen LogP contribution in [0.15, 0.2) is 12.4 Å². The van der Waals surface area contributed by atoms with Gasteiger partial charge in [-0.2, -0.15) is 26.4 Å². The fraction of sp³-hybridized carbons (Fsp3) is 0.583. The maximum absolute atomic E-state index is 9.36. The van der Waals surface area contributed by atoms with E-state index < -0.39 is 0 Å². The Balaban J connectivity index is 2.29. The Morgan fingerprint density at radius 3 is 3.00 bits per heavy atom. The highest BCUT2D eigenvalue weighted by atomic mass is 32.2. The molecule has 2 N–H and O–H groups in total. The summed E-state index contributed by atoms with van der Waals surface area (Å²) in [5.41, 5.74) is 0.785. The number of ether oxygens (including phenoxy) is 1. The lowest BCUT2D eigenvalue weighted by atomic mass is 10.2. The van der Waals surface area contributed by atoms with Gasteiger partial charge in [0.2, 0.25) is 0 Å². The van der Waals surface area contributed by atoms with Gasteiger partial charge in [-0.1, -0.05) is 0 Å². The number of anilines is 1. The minimum absolute atomic E-state index is 0.0835. The van der Waals surface area contributed by atoms with Gasteiger partial charge in [0.1, 0.15) is 12.1 Å². The van der Waals surface area contributed by atoms with Crippen molar-refractivity contribution in [2.75, 3.05) is 25.3 Å². The number of aliphatic hydroxyl groups is 1. The van der Waals surface area contributed by atoms with Crippen LogP contribution < -0.4 is 5.32 Å². The van der Waals surface area contributed by atoms with Crippen LogP contribution in [-0.2, 0) is 11.3 Å². The van der Waals surface area contributed by atoms with Gasteiger partial charge in [0.05, 0.1) is 18.9 Å². The van der Waals surface area contributed by atoms with E-state index >= 15 is 0 Å². The molecular formula is C12H19N5O2S. The maximum Gasteiger partial charge on any atom is 0.254 e. The predicted molar refractivity (Wildman–Crippen MR) is 79.0 cm³/mol. The van der Waals surface area contributed by atoms with Crippen LogP contribution in [-0.4, -0.2) is 56.0 Å². The predicted octanol–water partition coefficient (Wildman–Crippen LogP) is 0.795. The highest BCUT2D eigenvalue weighted by Gasteiger charge is 2.17. The van der Waals surface area contributed by atoms with Crippen molar-refractivity contribution in [1.82, 2.24) is 19.6 Å². The number of hydrogen-bond donors (Lipinski definition) is 2. The molecular weight excluding hydrogens is 278 g/mol. The summed E-state index contributed by atoms with van der Waals surface area (Å²) in [6.07, 6.45) is 3.44. The molecule has 20 heavy (non-hydrogen) atoms. The first-order valence-corrected chi connectivity index (χ1v) is 7.57. The SMILES string of the molecule is COCc1cc(NC(C)C(CO)SC)n2ncnc2n1. The zero-order chi connectivity index (χ0) is 14.5. The van der Waals surface area contributed by atoms with Crippen molar-refractivity contribution >= 4 is 23.4 Å². The largest absolute Gasteiger partial charge is 0.395 e. The molecule has 0 aliphatic heterocycles. The fourth-order valence-electron chi connectivity index (χ4n) is 1.95. The Kier molecular flexibility index (Phi) is 5.16. The number of aromatic nitrogens is 4.